The highest BCUT2D eigenvalue weighted by molar-refractivity contribution is 14.1. The van der Waals surface area contributed by atoms with E-state index in [-0.39, 0.29) is 5.82 Å². The van der Waals surface area contributed by atoms with Crippen LogP contribution in [0.5, 0.6) is 0 Å². The van der Waals surface area contributed by atoms with E-state index < -0.39 is 0 Å². The average molecular weight is 369 g/mol. The smallest absolute Gasteiger partial charge is 0.278 e. The molecular weight excluding hydrogens is 366 g/mol. The van der Waals surface area contributed by atoms with Gasteiger partial charge < -0.3 is 4.42 Å². The summed E-state index contributed by atoms with van der Waals surface area (Å²) < 4.78 is 19.1. The zero-order chi connectivity index (χ0) is 10.1. The molecule has 0 amide bonds. The van der Waals surface area contributed by atoms with E-state index in [1.165, 1.54) is 6.07 Å². The lowest BCUT2D eigenvalue weighted by atomic mass is 10.2. The molecule has 0 bridgehead atoms. The summed E-state index contributed by atoms with van der Waals surface area (Å²) in [5, 5.41) is 7.43. The molecule has 14 heavy (non-hydrogen) atoms. The summed E-state index contributed by atoms with van der Waals surface area (Å²) in [5.74, 6) is -0.0310. The first-order chi connectivity index (χ1) is 6.66. The molecule has 0 radical (unpaired) electrons. The highest BCUT2D eigenvalue weighted by Gasteiger charge is 2.08. The summed E-state index contributed by atoms with van der Waals surface area (Å²) in [6, 6.07) is 4.65. The van der Waals surface area contributed by atoms with E-state index in [9.17, 15) is 4.39 Å². The predicted molar refractivity (Wildman–Crippen MR) is 60.1 cm³/mol. The number of rotatable bonds is 1. The van der Waals surface area contributed by atoms with E-state index in [2.05, 4.69) is 26.1 Å². The summed E-state index contributed by atoms with van der Waals surface area (Å²) >= 11 is 4.96. The van der Waals surface area contributed by atoms with E-state index in [1.54, 1.807) is 12.1 Å². The third-order valence-electron chi connectivity index (χ3n) is 1.57. The maximum atomic E-state index is 13.1. The molecule has 1 aromatic carbocycles. The van der Waals surface area contributed by atoms with E-state index in [4.69, 9.17) is 4.42 Å². The van der Waals surface area contributed by atoms with Crippen LogP contribution in [0, 0.1) is 9.71 Å². The van der Waals surface area contributed by atoms with Crippen molar-refractivity contribution in [1.82, 2.24) is 10.2 Å². The number of halogens is 3. The molecule has 72 valence electrons. The Morgan fingerprint density at radius 1 is 1.36 bits per heavy atom. The molecule has 0 atom stereocenters. The predicted octanol–water partition coefficient (Wildman–Crippen LogP) is 3.24. The molecule has 0 fully saturated rings. The number of nitrogens with zero attached hydrogens (tertiary/aromatic N) is 2. The molecule has 0 saturated carbocycles. The number of hydrogen-bond acceptors (Lipinski definition) is 3. The Bertz CT molecular complexity index is 474. The SMILES string of the molecule is Fc1cc(-c2nnc(I)o2)ccc1Br. The Hall–Kier alpha value is -0.500. The number of hydrogen-bond donors (Lipinski definition) is 0. The van der Waals surface area contributed by atoms with Crippen LogP contribution >= 0.6 is 38.5 Å². The van der Waals surface area contributed by atoms with Crippen molar-refractivity contribution in [1.29, 1.82) is 0 Å². The van der Waals surface area contributed by atoms with Crippen molar-refractivity contribution in [2.24, 2.45) is 0 Å². The molecule has 3 nitrogen and oxygen atoms in total. The topological polar surface area (TPSA) is 38.9 Å². The molecule has 0 saturated heterocycles. The standard InChI is InChI=1S/C8H3BrFIN2O/c9-5-2-1-4(3-6(5)10)7-12-13-8(11)14-7/h1-3H. The fraction of sp³-hybridized carbons (Fsp3) is 0. The lowest BCUT2D eigenvalue weighted by Gasteiger charge is -1.96. The largest absolute Gasteiger partial charge is 0.412 e. The van der Waals surface area contributed by atoms with Gasteiger partial charge in [-0.15, -0.1) is 10.2 Å². The van der Waals surface area contributed by atoms with Crippen molar-refractivity contribution in [3.05, 3.63) is 32.4 Å². The Balaban J connectivity index is 2.47. The van der Waals surface area contributed by atoms with Crippen LogP contribution in [0.15, 0.2) is 27.1 Å². The van der Waals surface area contributed by atoms with Crippen molar-refractivity contribution in [3.63, 3.8) is 0 Å². The fourth-order valence-electron chi connectivity index (χ4n) is 0.951. The molecule has 0 aliphatic carbocycles. The summed E-state index contributed by atoms with van der Waals surface area (Å²) in [6.07, 6.45) is 0. The maximum Gasteiger partial charge on any atom is 0.278 e. The molecule has 0 aliphatic rings. The van der Waals surface area contributed by atoms with Gasteiger partial charge in [0.15, 0.2) is 0 Å². The second kappa shape index (κ2) is 3.93. The van der Waals surface area contributed by atoms with Crippen LogP contribution in [0.25, 0.3) is 11.5 Å². The first kappa shape index (κ1) is 10.0. The van der Waals surface area contributed by atoms with Crippen molar-refractivity contribution in [3.8, 4) is 11.5 Å². The third kappa shape index (κ3) is 1.95. The van der Waals surface area contributed by atoms with Gasteiger partial charge in [-0.3, -0.25) is 0 Å². The van der Waals surface area contributed by atoms with Gasteiger partial charge in [-0.1, -0.05) is 0 Å². The lowest BCUT2D eigenvalue weighted by molar-refractivity contribution is 0.536. The van der Waals surface area contributed by atoms with Crippen molar-refractivity contribution in [2.75, 3.05) is 0 Å². The quantitative estimate of drug-likeness (QED) is 0.725. The highest BCUT2D eigenvalue weighted by Crippen LogP contribution is 2.23. The van der Waals surface area contributed by atoms with Gasteiger partial charge in [0, 0.05) is 28.2 Å². The zero-order valence-electron chi connectivity index (χ0n) is 6.67. The summed E-state index contributed by atoms with van der Waals surface area (Å²) in [6.45, 7) is 0. The molecule has 0 spiro atoms. The maximum absolute atomic E-state index is 13.1. The van der Waals surface area contributed by atoms with E-state index in [0.29, 0.717) is 19.8 Å². The van der Waals surface area contributed by atoms with E-state index >= 15 is 0 Å². The Morgan fingerprint density at radius 3 is 2.71 bits per heavy atom. The van der Waals surface area contributed by atoms with Gasteiger partial charge in [0.25, 0.3) is 3.90 Å². The Kier molecular flexibility index (Phi) is 2.82. The summed E-state index contributed by atoms with van der Waals surface area (Å²) in [4.78, 5) is 0. The van der Waals surface area contributed by atoms with Crippen LogP contribution in [-0.2, 0) is 0 Å². The normalized spacial score (nSPS) is 10.5. The fourth-order valence-corrected chi connectivity index (χ4v) is 1.51. The van der Waals surface area contributed by atoms with Gasteiger partial charge in [0.05, 0.1) is 4.47 Å². The molecule has 2 rings (SSSR count). The van der Waals surface area contributed by atoms with E-state index in [0.717, 1.165) is 0 Å². The van der Waals surface area contributed by atoms with Crippen LogP contribution in [0.1, 0.15) is 0 Å². The molecule has 0 aliphatic heterocycles. The van der Waals surface area contributed by atoms with Gasteiger partial charge >= 0.3 is 0 Å². The Labute approximate surface area is 101 Å². The third-order valence-corrected chi connectivity index (χ3v) is 2.65. The van der Waals surface area contributed by atoms with Crippen molar-refractivity contribution < 1.29 is 8.81 Å². The zero-order valence-corrected chi connectivity index (χ0v) is 10.4. The van der Waals surface area contributed by atoms with Crippen LogP contribution in [0.4, 0.5) is 4.39 Å². The second-order valence-electron chi connectivity index (χ2n) is 2.49. The molecule has 2 aromatic rings. The van der Waals surface area contributed by atoms with Crippen LogP contribution in [0.3, 0.4) is 0 Å². The number of aromatic nitrogens is 2. The van der Waals surface area contributed by atoms with Gasteiger partial charge in [0.2, 0.25) is 5.89 Å². The summed E-state index contributed by atoms with van der Waals surface area (Å²) in [7, 11) is 0. The monoisotopic (exact) mass is 368 g/mol. The summed E-state index contributed by atoms with van der Waals surface area (Å²) in [5.41, 5.74) is 0.570. The van der Waals surface area contributed by atoms with Crippen molar-refractivity contribution >= 4 is 38.5 Å². The molecule has 6 heteroatoms. The minimum Gasteiger partial charge on any atom is -0.412 e. The van der Waals surface area contributed by atoms with Crippen LogP contribution < -0.4 is 0 Å². The van der Waals surface area contributed by atoms with E-state index in [1.807, 2.05) is 22.6 Å². The molecule has 0 N–H and O–H groups in total. The van der Waals surface area contributed by atoms with Crippen molar-refractivity contribution in [2.45, 2.75) is 0 Å². The second-order valence-corrected chi connectivity index (χ2v) is 4.27. The first-order valence-electron chi connectivity index (χ1n) is 3.61. The molecule has 0 unspecified atom stereocenters. The minimum absolute atomic E-state index is 0.320. The minimum atomic E-state index is -0.351. The van der Waals surface area contributed by atoms with Crippen LogP contribution in [-0.4, -0.2) is 10.2 Å². The van der Waals surface area contributed by atoms with Gasteiger partial charge in [-0.05, 0) is 34.1 Å². The first-order valence-corrected chi connectivity index (χ1v) is 5.48. The molecule has 1 aromatic heterocycles. The molecular formula is C8H3BrFIN2O. The molecule has 1 heterocycles. The van der Waals surface area contributed by atoms with Gasteiger partial charge in [0.1, 0.15) is 5.82 Å². The lowest BCUT2D eigenvalue weighted by Crippen LogP contribution is -1.81. The highest BCUT2D eigenvalue weighted by atomic mass is 127. The van der Waals surface area contributed by atoms with Crippen LogP contribution in [0.2, 0.25) is 0 Å². The van der Waals surface area contributed by atoms with Gasteiger partial charge in [-0.2, -0.15) is 0 Å². The van der Waals surface area contributed by atoms with Gasteiger partial charge in [-0.25, -0.2) is 4.39 Å². The average Bonchev–Trinajstić information content (AvgIpc) is 2.57. The number of benzene rings is 1. The Morgan fingerprint density at radius 2 is 2.14 bits per heavy atom.